The Hall–Kier alpha value is -0.910. The molecule has 0 aromatic heterocycles. The van der Waals surface area contributed by atoms with E-state index in [2.05, 4.69) is 0 Å². The van der Waals surface area contributed by atoms with Crippen LogP contribution in [0.4, 0.5) is 13.6 Å². The van der Waals surface area contributed by atoms with Crippen molar-refractivity contribution in [2.24, 2.45) is 5.73 Å². The highest BCUT2D eigenvalue weighted by Crippen LogP contribution is 2.45. The Balaban J connectivity index is 2.17. The number of nitrogens with zero attached hydrogens (tertiary/aromatic N) is 1. The normalized spacial score (nSPS) is 34.6. The minimum absolute atomic E-state index is 0.142. The number of halogens is 2. The number of carbonyl (C=O) groups is 1. The van der Waals surface area contributed by atoms with E-state index in [9.17, 15) is 13.6 Å². The largest absolute Gasteiger partial charge is 0.444 e. The Morgan fingerprint density at radius 2 is 2.00 bits per heavy atom. The maximum absolute atomic E-state index is 13.8. The number of alkyl halides is 2. The van der Waals surface area contributed by atoms with Crippen molar-refractivity contribution < 1.29 is 18.3 Å². The van der Waals surface area contributed by atoms with E-state index >= 15 is 0 Å². The second-order valence-electron chi connectivity index (χ2n) is 6.25. The number of carbonyl (C=O) groups excluding carboxylic acids is 1. The van der Waals surface area contributed by atoms with Gasteiger partial charge in [0.05, 0.1) is 0 Å². The van der Waals surface area contributed by atoms with Crippen molar-refractivity contribution in [1.82, 2.24) is 4.90 Å². The van der Waals surface area contributed by atoms with Crippen LogP contribution in [0, 0.1) is 0 Å². The number of amides is 1. The Bertz CT molecular complexity index is 354. The minimum Gasteiger partial charge on any atom is -0.444 e. The van der Waals surface area contributed by atoms with Crippen LogP contribution >= 0.6 is 0 Å². The monoisotopic (exact) mass is 262 g/mol. The molecule has 2 N–H and O–H groups in total. The lowest BCUT2D eigenvalue weighted by Crippen LogP contribution is -2.53. The van der Waals surface area contributed by atoms with Crippen LogP contribution in [-0.4, -0.2) is 40.6 Å². The lowest BCUT2D eigenvalue weighted by Gasteiger charge is -2.38. The maximum atomic E-state index is 13.8. The van der Waals surface area contributed by atoms with Gasteiger partial charge in [0.2, 0.25) is 0 Å². The molecule has 2 aliphatic rings. The third kappa shape index (κ3) is 2.43. The molecular weight excluding hydrogens is 242 g/mol. The molecule has 2 rings (SSSR count). The van der Waals surface area contributed by atoms with Gasteiger partial charge in [0.15, 0.2) is 0 Å². The zero-order valence-corrected chi connectivity index (χ0v) is 11.0. The molecule has 4 nitrogen and oxygen atoms in total. The zero-order valence-electron chi connectivity index (χ0n) is 11.0. The van der Waals surface area contributed by atoms with Gasteiger partial charge in [-0.3, -0.25) is 4.90 Å². The number of ether oxygens (including phenoxy) is 1. The second kappa shape index (κ2) is 4.05. The van der Waals surface area contributed by atoms with Gasteiger partial charge < -0.3 is 10.5 Å². The SMILES string of the molecule is CC(C)(C)OC(=O)N1[C@H]2C[C@@H](N)C[C@H]1C(F)(F)C2. The molecule has 18 heavy (non-hydrogen) atoms. The molecule has 3 atom stereocenters. The average molecular weight is 262 g/mol. The number of rotatable bonds is 0. The summed E-state index contributed by atoms with van der Waals surface area (Å²) in [7, 11) is 0. The Morgan fingerprint density at radius 3 is 2.50 bits per heavy atom. The van der Waals surface area contributed by atoms with Crippen LogP contribution in [0.5, 0.6) is 0 Å². The molecule has 0 aromatic carbocycles. The van der Waals surface area contributed by atoms with Gasteiger partial charge in [0, 0.05) is 18.5 Å². The summed E-state index contributed by atoms with van der Waals surface area (Å²) in [6.07, 6.45) is -0.389. The van der Waals surface area contributed by atoms with Crippen LogP contribution in [0.2, 0.25) is 0 Å². The molecule has 104 valence electrons. The fourth-order valence-electron chi connectivity index (χ4n) is 2.81. The van der Waals surface area contributed by atoms with Crippen molar-refractivity contribution in [3.8, 4) is 0 Å². The number of hydrogen-bond acceptors (Lipinski definition) is 3. The number of piperidine rings is 1. The van der Waals surface area contributed by atoms with Gasteiger partial charge in [-0.15, -0.1) is 0 Å². The molecule has 2 saturated heterocycles. The zero-order chi connectivity index (χ0) is 13.7. The predicted molar refractivity (Wildman–Crippen MR) is 62.4 cm³/mol. The summed E-state index contributed by atoms with van der Waals surface area (Å²) in [5.41, 5.74) is 5.08. The first kappa shape index (κ1) is 13.5. The molecule has 2 bridgehead atoms. The third-order valence-corrected chi connectivity index (χ3v) is 3.43. The average Bonchev–Trinajstić information content (AvgIpc) is 2.28. The smallest absolute Gasteiger partial charge is 0.411 e. The molecule has 0 radical (unpaired) electrons. The number of hydrogen-bond donors (Lipinski definition) is 1. The topological polar surface area (TPSA) is 55.6 Å². The summed E-state index contributed by atoms with van der Waals surface area (Å²) in [4.78, 5) is 13.2. The molecule has 0 aliphatic carbocycles. The van der Waals surface area contributed by atoms with Gasteiger partial charge in [-0.2, -0.15) is 0 Å². The van der Waals surface area contributed by atoms with E-state index in [0.717, 1.165) is 0 Å². The second-order valence-corrected chi connectivity index (χ2v) is 6.25. The standard InChI is InChI=1S/C12H20F2N2O2/c1-11(2,3)18-10(17)16-8-4-7(15)5-9(16)12(13,14)6-8/h7-9H,4-6,15H2,1-3H3/t7-,8+,9+/m1/s1. The molecule has 1 amide bonds. The van der Waals surface area contributed by atoms with Crippen LogP contribution in [0.25, 0.3) is 0 Å². The van der Waals surface area contributed by atoms with E-state index in [-0.39, 0.29) is 18.9 Å². The van der Waals surface area contributed by atoms with Gasteiger partial charge in [-0.1, -0.05) is 0 Å². The van der Waals surface area contributed by atoms with E-state index in [1.807, 2.05) is 0 Å². The van der Waals surface area contributed by atoms with Gasteiger partial charge in [0.1, 0.15) is 11.6 Å². The molecular formula is C12H20F2N2O2. The molecule has 0 spiro atoms. The molecule has 2 heterocycles. The summed E-state index contributed by atoms with van der Waals surface area (Å²) in [5.74, 6) is -2.85. The van der Waals surface area contributed by atoms with Crippen LogP contribution in [0.3, 0.4) is 0 Å². The van der Waals surface area contributed by atoms with Crippen molar-refractivity contribution in [2.75, 3.05) is 0 Å². The maximum Gasteiger partial charge on any atom is 0.411 e. The van der Waals surface area contributed by atoms with Gasteiger partial charge >= 0.3 is 6.09 Å². The highest BCUT2D eigenvalue weighted by atomic mass is 19.3. The summed E-state index contributed by atoms with van der Waals surface area (Å²) >= 11 is 0. The van der Waals surface area contributed by atoms with Gasteiger partial charge in [0.25, 0.3) is 5.92 Å². The van der Waals surface area contributed by atoms with E-state index in [4.69, 9.17) is 10.5 Å². The van der Waals surface area contributed by atoms with E-state index in [0.29, 0.717) is 6.42 Å². The van der Waals surface area contributed by atoms with Gasteiger partial charge in [-0.05, 0) is 33.6 Å². The van der Waals surface area contributed by atoms with Crippen molar-refractivity contribution in [1.29, 1.82) is 0 Å². The molecule has 2 fully saturated rings. The van der Waals surface area contributed by atoms with Crippen LogP contribution in [0.15, 0.2) is 0 Å². The third-order valence-electron chi connectivity index (χ3n) is 3.43. The summed E-state index contributed by atoms with van der Waals surface area (Å²) in [6, 6.07) is -1.86. The molecule has 0 aromatic rings. The van der Waals surface area contributed by atoms with Crippen molar-refractivity contribution >= 4 is 6.09 Å². The van der Waals surface area contributed by atoms with Crippen LogP contribution < -0.4 is 5.73 Å². The van der Waals surface area contributed by atoms with Crippen molar-refractivity contribution in [3.63, 3.8) is 0 Å². The minimum atomic E-state index is -2.85. The molecule has 0 saturated carbocycles. The van der Waals surface area contributed by atoms with Crippen molar-refractivity contribution in [2.45, 2.75) is 69.7 Å². The number of nitrogens with two attached hydrogens (primary N) is 1. The first-order valence-electron chi connectivity index (χ1n) is 6.25. The lowest BCUT2D eigenvalue weighted by atomic mass is 9.98. The summed E-state index contributed by atoms with van der Waals surface area (Å²) in [5, 5.41) is 0. The van der Waals surface area contributed by atoms with Crippen LogP contribution in [0.1, 0.15) is 40.0 Å². The fourth-order valence-corrected chi connectivity index (χ4v) is 2.81. The first-order valence-corrected chi connectivity index (χ1v) is 6.25. The quantitative estimate of drug-likeness (QED) is 0.727. The Morgan fingerprint density at radius 1 is 1.39 bits per heavy atom. The molecule has 0 unspecified atom stereocenters. The summed E-state index contributed by atoms with van der Waals surface area (Å²) < 4.78 is 32.8. The van der Waals surface area contributed by atoms with E-state index in [1.165, 1.54) is 4.90 Å². The highest BCUT2D eigenvalue weighted by molar-refractivity contribution is 5.70. The predicted octanol–water partition coefficient (Wildman–Crippen LogP) is 2.12. The number of fused-ring (bicyclic) bond motifs is 2. The van der Waals surface area contributed by atoms with Crippen LogP contribution in [-0.2, 0) is 4.74 Å². The van der Waals surface area contributed by atoms with E-state index in [1.54, 1.807) is 20.8 Å². The fraction of sp³-hybridized carbons (Fsp3) is 0.917. The molecule has 6 heteroatoms. The van der Waals surface area contributed by atoms with E-state index < -0.39 is 29.7 Å². The Labute approximate surface area is 105 Å². The highest BCUT2D eigenvalue weighted by Gasteiger charge is 2.59. The van der Waals surface area contributed by atoms with Crippen molar-refractivity contribution in [3.05, 3.63) is 0 Å². The molecule has 2 aliphatic heterocycles. The summed E-state index contributed by atoms with van der Waals surface area (Å²) in [6.45, 7) is 5.17. The van der Waals surface area contributed by atoms with Gasteiger partial charge in [-0.25, -0.2) is 13.6 Å². The first-order chi connectivity index (χ1) is 8.10. The lowest BCUT2D eigenvalue weighted by molar-refractivity contribution is -0.0490. The Kier molecular flexibility index (Phi) is 3.04.